The molecule has 0 bridgehead atoms. The van der Waals surface area contributed by atoms with Crippen LogP contribution in [0.15, 0.2) is 36.8 Å². The van der Waals surface area contributed by atoms with Crippen LogP contribution in [0.4, 0.5) is 4.39 Å². The first-order valence-electron chi connectivity index (χ1n) is 8.20. The van der Waals surface area contributed by atoms with E-state index in [4.69, 9.17) is 9.47 Å². The lowest BCUT2D eigenvalue weighted by Crippen LogP contribution is -2.54. The fourth-order valence-electron chi connectivity index (χ4n) is 3.48. The summed E-state index contributed by atoms with van der Waals surface area (Å²) in [7, 11) is 0. The molecule has 3 heterocycles. The van der Waals surface area contributed by atoms with E-state index in [0.717, 1.165) is 6.42 Å². The Bertz CT molecular complexity index is 761. The van der Waals surface area contributed by atoms with Crippen LogP contribution in [0.25, 0.3) is 0 Å². The van der Waals surface area contributed by atoms with Crippen LogP contribution in [-0.4, -0.2) is 57.4 Å². The van der Waals surface area contributed by atoms with Crippen molar-refractivity contribution in [1.82, 2.24) is 20.1 Å². The molecule has 8 heteroatoms. The zero-order chi connectivity index (χ0) is 17.2. The number of hydrogen-bond donors (Lipinski definition) is 0. The van der Waals surface area contributed by atoms with Gasteiger partial charge in [0.25, 0.3) is 11.8 Å². The first-order chi connectivity index (χ1) is 12.2. The molecule has 4 rings (SSSR count). The smallest absolute Gasteiger partial charge is 0.255 e. The number of carbonyl (C=O) groups is 1. The van der Waals surface area contributed by atoms with Gasteiger partial charge >= 0.3 is 0 Å². The largest absolute Gasteiger partial charge is 0.469 e. The van der Waals surface area contributed by atoms with Crippen LogP contribution < -0.4 is 4.74 Å². The van der Waals surface area contributed by atoms with Crippen molar-refractivity contribution in [3.63, 3.8) is 0 Å². The van der Waals surface area contributed by atoms with Crippen LogP contribution in [0.5, 0.6) is 5.88 Å². The summed E-state index contributed by atoms with van der Waals surface area (Å²) in [5.41, 5.74) is 0.496. The van der Waals surface area contributed by atoms with E-state index in [-0.39, 0.29) is 30.0 Å². The molecular weight excluding hydrogens is 327 g/mol. The SMILES string of the molecule is O=C(c1ccnnc1)N1CCO[C@H]2[C@H]1CC[C@H]2Oc1ncccc1F. The second-order valence-corrected chi connectivity index (χ2v) is 6.06. The second-order valence-electron chi connectivity index (χ2n) is 6.06. The number of halogens is 1. The Balaban J connectivity index is 1.51. The summed E-state index contributed by atoms with van der Waals surface area (Å²) in [6, 6.07) is 4.36. The number of aromatic nitrogens is 3. The summed E-state index contributed by atoms with van der Waals surface area (Å²) in [5, 5.41) is 7.46. The van der Waals surface area contributed by atoms with Crippen LogP contribution in [0.1, 0.15) is 23.2 Å². The summed E-state index contributed by atoms with van der Waals surface area (Å²) in [6.45, 7) is 0.920. The van der Waals surface area contributed by atoms with Crippen molar-refractivity contribution in [3.8, 4) is 5.88 Å². The molecule has 2 fully saturated rings. The fraction of sp³-hybridized carbons (Fsp3) is 0.412. The van der Waals surface area contributed by atoms with Gasteiger partial charge in [-0.05, 0) is 31.0 Å². The van der Waals surface area contributed by atoms with Crippen LogP contribution in [0, 0.1) is 5.82 Å². The Labute approximate surface area is 143 Å². The maximum Gasteiger partial charge on any atom is 0.255 e. The highest BCUT2D eigenvalue weighted by atomic mass is 19.1. The van der Waals surface area contributed by atoms with E-state index in [1.54, 1.807) is 11.0 Å². The van der Waals surface area contributed by atoms with Gasteiger partial charge in [-0.25, -0.2) is 9.37 Å². The lowest BCUT2D eigenvalue weighted by Gasteiger charge is -2.38. The zero-order valence-electron chi connectivity index (χ0n) is 13.4. The first-order valence-corrected chi connectivity index (χ1v) is 8.20. The van der Waals surface area contributed by atoms with E-state index < -0.39 is 5.82 Å². The monoisotopic (exact) mass is 344 g/mol. The minimum absolute atomic E-state index is 0.0291. The molecule has 1 saturated heterocycles. The van der Waals surface area contributed by atoms with Gasteiger partial charge in [-0.2, -0.15) is 10.2 Å². The van der Waals surface area contributed by atoms with E-state index in [1.807, 2.05) is 0 Å². The molecule has 2 aliphatic rings. The number of morpholine rings is 1. The molecule has 0 N–H and O–H groups in total. The Morgan fingerprint density at radius 1 is 1.28 bits per heavy atom. The normalized spacial score (nSPS) is 25.5. The van der Waals surface area contributed by atoms with Gasteiger partial charge in [-0.3, -0.25) is 4.79 Å². The van der Waals surface area contributed by atoms with E-state index in [1.165, 1.54) is 30.7 Å². The van der Waals surface area contributed by atoms with Crippen molar-refractivity contribution >= 4 is 5.91 Å². The van der Waals surface area contributed by atoms with Gasteiger partial charge in [0.1, 0.15) is 12.2 Å². The van der Waals surface area contributed by atoms with Crippen LogP contribution in [0.2, 0.25) is 0 Å². The summed E-state index contributed by atoms with van der Waals surface area (Å²) >= 11 is 0. The molecule has 1 aliphatic carbocycles. The van der Waals surface area contributed by atoms with E-state index in [9.17, 15) is 9.18 Å². The van der Waals surface area contributed by atoms with Gasteiger partial charge in [-0.15, -0.1) is 0 Å². The summed E-state index contributed by atoms with van der Waals surface area (Å²) in [5.74, 6) is -0.631. The zero-order valence-corrected chi connectivity index (χ0v) is 13.4. The van der Waals surface area contributed by atoms with Gasteiger partial charge < -0.3 is 14.4 Å². The fourth-order valence-corrected chi connectivity index (χ4v) is 3.48. The Morgan fingerprint density at radius 3 is 3.00 bits per heavy atom. The third-order valence-corrected chi connectivity index (χ3v) is 4.62. The Kier molecular flexibility index (Phi) is 4.27. The summed E-state index contributed by atoms with van der Waals surface area (Å²) in [6.07, 6.45) is 5.21. The molecule has 0 spiro atoms. The lowest BCUT2D eigenvalue weighted by atomic mass is 10.1. The molecule has 2 aromatic rings. The molecule has 2 aromatic heterocycles. The van der Waals surface area contributed by atoms with E-state index >= 15 is 0 Å². The molecule has 0 unspecified atom stereocenters. The quantitative estimate of drug-likeness (QED) is 0.839. The molecular formula is C17H17FN4O3. The summed E-state index contributed by atoms with van der Waals surface area (Å²) < 4.78 is 25.4. The molecule has 3 atom stereocenters. The first kappa shape index (κ1) is 15.9. The predicted molar refractivity (Wildman–Crippen MR) is 84.4 cm³/mol. The number of ether oxygens (including phenoxy) is 2. The molecule has 1 saturated carbocycles. The highest BCUT2D eigenvalue weighted by Crippen LogP contribution is 2.33. The summed E-state index contributed by atoms with van der Waals surface area (Å²) in [4.78, 5) is 18.5. The standard InChI is InChI=1S/C17H17FN4O3/c18-12-2-1-6-19-16(12)25-14-4-3-13-15(14)24-9-8-22(13)17(23)11-5-7-20-21-10-11/h1-2,5-7,10,13-15H,3-4,8-9H2/t13-,14-,15+/m1/s1. The number of rotatable bonds is 3. The van der Waals surface area contributed by atoms with Gasteiger partial charge in [0.05, 0.1) is 30.6 Å². The minimum Gasteiger partial charge on any atom is -0.469 e. The molecule has 1 amide bonds. The van der Waals surface area contributed by atoms with Gasteiger partial charge in [-0.1, -0.05) is 0 Å². The minimum atomic E-state index is -0.502. The third-order valence-electron chi connectivity index (χ3n) is 4.62. The highest BCUT2D eigenvalue weighted by molar-refractivity contribution is 5.94. The predicted octanol–water partition coefficient (Wildman–Crippen LogP) is 1.46. The van der Waals surface area contributed by atoms with Gasteiger partial charge in [0.15, 0.2) is 5.82 Å². The Hall–Kier alpha value is -2.61. The molecule has 25 heavy (non-hydrogen) atoms. The molecule has 7 nitrogen and oxygen atoms in total. The van der Waals surface area contributed by atoms with Gasteiger partial charge in [0.2, 0.25) is 0 Å². The number of amides is 1. The van der Waals surface area contributed by atoms with Crippen molar-refractivity contribution in [1.29, 1.82) is 0 Å². The topological polar surface area (TPSA) is 77.4 Å². The van der Waals surface area contributed by atoms with E-state index in [2.05, 4.69) is 15.2 Å². The Morgan fingerprint density at radius 2 is 2.20 bits per heavy atom. The maximum atomic E-state index is 13.8. The number of carbonyl (C=O) groups excluding carboxylic acids is 1. The lowest BCUT2D eigenvalue weighted by molar-refractivity contribution is -0.0799. The van der Waals surface area contributed by atoms with Crippen molar-refractivity contribution in [2.24, 2.45) is 0 Å². The molecule has 1 aliphatic heterocycles. The van der Waals surface area contributed by atoms with Crippen LogP contribution in [0.3, 0.4) is 0 Å². The number of nitrogens with zero attached hydrogens (tertiary/aromatic N) is 4. The number of hydrogen-bond acceptors (Lipinski definition) is 6. The average molecular weight is 344 g/mol. The van der Waals surface area contributed by atoms with Gasteiger partial charge in [0, 0.05) is 12.7 Å². The number of fused-ring (bicyclic) bond motifs is 1. The molecule has 0 aromatic carbocycles. The van der Waals surface area contributed by atoms with Crippen LogP contribution >= 0.6 is 0 Å². The van der Waals surface area contributed by atoms with Crippen molar-refractivity contribution in [2.45, 2.75) is 31.1 Å². The second kappa shape index (κ2) is 6.72. The van der Waals surface area contributed by atoms with E-state index in [0.29, 0.717) is 25.1 Å². The van der Waals surface area contributed by atoms with Crippen molar-refractivity contribution < 1.29 is 18.7 Å². The third kappa shape index (κ3) is 3.05. The van der Waals surface area contributed by atoms with Crippen LogP contribution in [-0.2, 0) is 4.74 Å². The van der Waals surface area contributed by atoms with Crippen molar-refractivity contribution in [3.05, 3.63) is 48.2 Å². The molecule has 130 valence electrons. The highest BCUT2D eigenvalue weighted by Gasteiger charge is 2.46. The van der Waals surface area contributed by atoms with Crippen molar-refractivity contribution in [2.75, 3.05) is 13.2 Å². The number of pyridine rings is 1. The molecule has 0 radical (unpaired) electrons. The average Bonchev–Trinajstić information content (AvgIpc) is 3.07. The maximum absolute atomic E-state index is 13.8.